The van der Waals surface area contributed by atoms with Gasteiger partial charge in [-0.05, 0) is 90.0 Å². The number of fused-ring (bicyclic) bond motifs is 1. The average molecular weight is 533 g/mol. The number of rotatable bonds is 11. The maximum Gasteiger partial charge on any atom is 0.311 e. The molecule has 0 aromatic heterocycles. The minimum absolute atomic E-state index is 0.0365. The van der Waals surface area contributed by atoms with Crippen molar-refractivity contribution in [3.8, 4) is 0 Å². The summed E-state index contributed by atoms with van der Waals surface area (Å²) in [5, 5.41) is 0. The van der Waals surface area contributed by atoms with Gasteiger partial charge in [-0.2, -0.15) is 0 Å². The zero-order chi connectivity index (χ0) is 27.1. The lowest BCUT2D eigenvalue weighted by molar-refractivity contribution is -0.193. The zero-order valence-electron chi connectivity index (χ0n) is 24.3. The van der Waals surface area contributed by atoms with Crippen molar-refractivity contribution in [2.24, 2.45) is 23.2 Å². The van der Waals surface area contributed by atoms with E-state index >= 15 is 0 Å². The second-order valence-electron chi connectivity index (χ2n) is 12.9. The van der Waals surface area contributed by atoms with Crippen LogP contribution in [0.1, 0.15) is 105 Å². The smallest absolute Gasteiger partial charge is 0.311 e. The highest BCUT2D eigenvalue weighted by molar-refractivity contribution is 5.75. The standard InChI is InChI=1S/C32H52O6/c1-6-7-8-13-23(36-28-14-9-11-18-34-28)16-17-24-25-20-22(2)30(38-31(33)32(3,4)5)26(25)21-27(24)37-29-15-10-12-19-35-29/h16-17,23-30H,2,6-15,18-21H2,1,3-5H3/b17-16+/t23-,24-,25+,26-,27+,28?,29?,30?/m0/s1. The molecule has 0 radical (unpaired) electrons. The maximum atomic E-state index is 12.8. The fraction of sp³-hybridized carbons (Fsp3) is 0.844. The molecule has 0 aromatic carbocycles. The number of ether oxygens (including phenoxy) is 5. The van der Waals surface area contributed by atoms with Gasteiger partial charge in [-0.25, -0.2) is 0 Å². The molecule has 2 saturated heterocycles. The van der Waals surface area contributed by atoms with E-state index in [4.69, 9.17) is 23.7 Å². The van der Waals surface area contributed by atoms with E-state index in [1.54, 1.807) is 0 Å². The Kier molecular flexibility index (Phi) is 10.9. The molecule has 6 heteroatoms. The number of esters is 1. The van der Waals surface area contributed by atoms with Gasteiger partial charge in [-0.15, -0.1) is 0 Å². The number of carbonyl (C=O) groups is 1. The molecule has 0 aromatic rings. The lowest BCUT2D eigenvalue weighted by atomic mass is 9.90. The van der Waals surface area contributed by atoms with Crippen LogP contribution in [0, 0.1) is 23.2 Å². The summed E-state index contributed by atoms with van der Waals surface area (Å²) < 4.78 is 31.1. The quantitative estimate of drug-likeness (QED) is 0.160. The summed E-state index contributed by atoms with van der Waals surface area (Å²) in [5.41, 5.74) is 0.501. The monoisotopic (exact) mass is 532 g/mol. The van der Waals surface area contributed by atoms with E-state index in [1.807, 2.05) is 20.8 Å². The van der Waals surface area contributed by atoms with Crippen LogP contribution in [0.5, 0.6) is 0 Å². The van der Waals surface area contributed by atoms with E-state index in [9.17, 15) is 4.79 Å². The zero-order valence-corrected chi connectivity index (χ0v) is 24.3. The number of carbonyl (C=O) groups excluding carboxylic acids is 1. The molecule has 6 nitrogen and oxygen atoms in total. The van der Waals surface area contributed by atoms with Gasteiger partial charge in [-0.1, -0.05) is 44.9 Å². The molecule has 4 fully saturated rings. The van der Waals surface area contributed by atoms with Crippen molar-refractivity contribution in [3.05, 3.63) is 24.3 Å². The van der Waals surface area contributed by atoms with E-state index in [0.29, 0.717) is 5.92 Å². The molecule has 8 atom stereocenters. The minimum Gasteiger partial charge on any atom is -0.457 e. The Bertz CT molecular complexity index is 788. The van der Waals surface area contributed by atoms with Gasteiger partial charge in [0.1, 0.15) is 6.10 Å². The molecule has 3 unspecified atom stereocenters. The SMILES string of the molecule is C=C1C[C@@H]2[C@H](/C=C/[C@H](CCCCC)OC3CCCCO3)[C@H](OC3CCCCO3)C[C@@H]2C1OC(=O)C(C)(C)C. The van der Waals surface area contributed by atoms with Gasteiger partial charge >= 0.3 is 5.97 Å². The Morgan fingerprint density at radius 3 is 2.39 bits per heavy atom. The van der Waals surface area contributed by atoms with Gasteiger partial charge < -0.3 is 23.7 Å². The fourth-order valence-corrected chi connectivity index (χ4v) is 6.48. The lowest BCUT2D eigenvalue weighted by Gasteiger charge is -2.30. The Morgan fingerprint density at radius 1 is 1.05 bits per heavy atom. The largest absolute Gasteiger partial charge is 0.457 e. The van der Waals surface area contributed by atoms with E-state index in [-0.39, 0.29) is 48.7 Å². The van der Waals surface area contributed by atoms with E-state index in [1.165, 1.54) is 12.8 Å². The summed E-state index contributed by atoms with van der Waals surface area (Å²) in [5.74, 6) is 0.615. The second kappa shape index (κ2) is 13.9. The van der Waals surface area contributed by atoms with Crippen LogP contribution in [0.2, 0.25) is 0 Å². The van der Waals surface area contributed by atoms with Crippen molar-refractivity contribution >= 4 is 5.97 Å². The van der Waals surface area contributed by atoms with Crippen LogP contribution in [0.4, 0.5) is 0 Å². The third kappa shape index (κ3) is 7.93. The molecule has 2 aliphatic carbocycles. The molecule has 2 heterocycles. The molecule has 38 heavy (non-hydrogen) atoms. The third-order valence-electron chi connectivity index (χ3n) is 8.68. The van der Waals surface area contributed by atoms with Crippen LogP contribution in [0.3, 0.4) is 0 Å². The third-order valence-corrected chi connectivity index (χ3v) is 8.68. The van der Waals surface area contributed by atoms with Crippen molar-refractivity contribution in [2.75, 3.05) is 13.2 Å². The first-order valence-corrected chi connectivity index (χ1v) is 15.4. The van der Waals surface area contributed by atoms with Crippen molar-refractivity contribution in [1.29, 1.82) is 0 Å². The molecule has 0 N–H and O–H groups in total. The predicted octanol–water partition coefficient (Wildman–Crippen LogP) is 7.12. The first-order valence-electron chi connectivity index (χ1n) is 15.4. The molecule has 0 bridgehead atoms. The van der Waals surface area contributed by atoms with E-state index in [2.05, 4.69) is 25.7 Å². The van der Waals surface area contributed by atoms with Gasteiger partial charge in [-0.3, -0.25) is 4.79 Å². The summed E-state index contributed by atoms with van der Waals surface area (Å²) in [4.78, 5) is 12.8. The van der Waals surface area contributed by atoms with E-state index < -0.39 is 5.41 Å². The molecule has 4 rings (SSSR count). The fourth-order valence-electron chi connectivity index (χ4n) is 6.48. The summed E-state index contributed by atoms with van der Waals surface area (Å²) in [6.07, 6.45) is 16.9. The van der Waals surface area contributed by atoms with Gasteiger partial charge in [0, 0.05) is 25.0 Å². The normalized spacial score (nSPS) is 34.9. The Hall–Kier alpha value is -1.21. The average Bonchev–Trinajstić information content (AvgIpc) is 3.37. The van der Waals surface area contributed by atoms with Crippen molar-refractivity contribution in [2.45, 2.75) is 136 Å². The number of unbranched alkanes of at least 4 members (excludes halogenated alkanes) is 2. The van der Waals surface area contributed by atoms with E-state index in [0.717, 1.165) is 83.0 Å². The topological polar surface area (TPSA) is 63.2 Å². The van der Waals surface area contributed by atoms with Crippen molar-refractivity contribution < 1.29 is 28.5 Å². The summed E-state index contributed by atoms with van der Waals surface area (Å²) in [7, 11) is 0. The van der Waals surface area contributed by atoms with Gasteiger partial charge in [0.25, 0.3) is 0 Å². The minimum atomic E-state index is -0.535. The second-order valence-corrected chi connectivity index (χ2v) is 12.9. The Balaban J connectivity index is 1.50. The molecule has 2 aliphatic heterocycles. The van der Waals surface area contributed by atoms with Gasteiger partial charge in [0.15, 0.2) is 12.6 Å². The maximum absolute atomic E-state index is 12.8. The summed E-state index contributed by atoms with van der Waals surface area (Å²) in [6, 6.07) is 0. The molecule has 216 valence electrons. The number of hydrogen-bond acceptors (Lipinski definition) is 6. The van der Waals surface area contributed by atoms with Crippen LogP contribution >= 0.6 is 0 Å². The highest BCUT2D eigenvalue weighted by Crippen LogP contribution is 2.53. The van der Waals surface area contributed by atoms with Gasteiger partial charge in [0.05, 0.1) is 17.6 Å². The van der Waals surface area contributed by atoms with Crippen LogP contribution in [0.25, 0.3) is 0 Å². The number of hydrogen-bond donors (Lipinski definition) is 0. The highest BCUT2D eigenvalue weighted by Gasteiger charge is 2.53. The van der Waals surface area contributed by atoms with Crippen LogP contribution in [-0.2, 0) is 28.5 Å². The van der Waals surface area contributed by atoms with Crippen LogP contribution in [-0.4, -0.2) is 50.1 Å². The predicted molar refractivity (Wildman–Crippen MR) is 148 cm³/mol. The van der Waals surface area contributed by atoms with Crippen LogP contribution in [0.15, 0.2) is 24.3 Å². The molecule has 0 amide bonds. The summed E-state index contributed by atoms with van der Waals surface area (Å²) >= 11 is 0. The Morgan fingerprint density at radius 2 is 1.76 bits per heavy atom. The molecular formula is C32H52O6. The first kappa shape index (κ1) is 29.8. The molecule has 2 saturated carbocycles. The molecule has 0 spiro atoms. The molecule has 4 aliphatic rings. The van der Waals surface area contributed by atoms with Gasteiger partial charge in [0.2, 0.25) is 0 Å². The highest BCUT2D eigenvalue weighted by atomic mass is 16.7. The van der Waals surface area contributed by atoms with Crippen molar-refractivity contribution in [1.82, 2.24) is 0 Å². The summed E-state index contributed by atoms with van der Waals surface area (Å²) in [6.45, 7) is 13.9. The first-order chi connectivity index (χ1) is 18.3. The lowest BCUT2D eigenvalue weighted by Crippen LogP contribution is -2.32. The van der Waals surface area contributed by atoms with Crippen molar-refractivity contribution in [3.63, 3.8) is 0 Å². The van der Waals surface area contributed by atoms with Crippen LogP contribution < -0.4 is 0 Å². The Labute approximate surface area is 230 Å². The molecular weight excluding hydrogens is 480 g/mol.